The quantitative estimate of drug-likeness (QED) is 0.691. The minimum Gasteiger partial charge on any atom is -0.304 e. The predicted molar refractivity (Wildman–Crippen MR) is 66.2 cm³/mol. The minimum atomic E-state index is 0.724. The largest absolute Gasteiger partial charge is 0.304 e. The van der Waals surface area contributed by atoms with Crippen molar-refractivity contribution in [3.8, 4) is 0 Å². The van der Waals surface area contributed by atoms with Crippen molar-refractivity contribution in [2.24, 2.45) is 7.05 Å². The molecular weight excluding hydrogens is 216 g/mol. The summed E-state index contributed by atoms with van der Waals surface area (Å²) in [5.41, 5.74) is 1.64. The van der Waals surface area contributed by atoms with Crippen LogP contribution >= 0.6 is 0 Å². The molecule has 0 aromatic carbocycles. The van der Waals surface area contributed by atoms with Crippen LogP contribution in [-0.2, 0) is 13.5 Å². The van der Waals surface area contributed by atoms with Crippen molar-refractivity contribution in [2.45, 2.75) is 6.42 Å². The van der Waals surface area contributed by atoms with Gasteiger partial charge in [0.25, 0.3) is 0 Å². The Morgan fingerprint density at radius 1 is 1.29 bits per heavy atom. The Bertz CT molecular complexity index is 380. The second kappa shape index (κ2) is 5.42. The van der Waals surface area contributed by atoms with E-state index in [-0.39, 0.29) is 0 Å². The molecule has 0 atom stereocenters. The Kier molecular flexibility index (Phi) is 3.91. The average Bonchev–Trinajstić information content (AvgIpc) is 2.69. The van der Waals surface area contributed by atoms with Gasteiger partial charge in [0.1, 0.15) is 0 Å². The molecule has 1 aromatic rings. The van der Waals surface area contributed by atoms with Gasteiger partial charge in [-0.15, -0.1) is 0 Å². The molecule has 17 heavy (non-hydrogen) atoms. The zero-order chi connectivity index (χ0) is 12.3. The van der Waals surface area contributed by atoms with E-state index < -0.39 is 0 Å². The second-order valence-electron chi connectivity index (χ2n) is 4.72. The zero-order valence-electron chi connectivity index (χ0n) is 10.6. The van der Waals surface area contributed by atoms with E-state index >= 15 is 0 Å². The number of aldehydes is 1. The third-order valence-electron chi connectivity index (χ3n) is 3.33. The normalized spacial score (nSPS) is 18.5. The van der Waals surface area contributed by atoms with E-state index in [0.29, 0.717) is 0 Å². The monoisotopic (exact) mass is 236 g/mol. The van der Waals surface area contributed by atoms with Gasteiger partial charge in [0.05, 0.1) is 11.3 Å². The molecule has 0 saturated carbocycles. The number of aryl methyl sites for hydroxylation is 1. The van der Waals surface area contributed by atoms with Crippen molar-refractivity contribution < 1.29 is 4.79 Å². The van der Waals surface area contributed by atoms with E-state index in [1.165, 1.54) is 0 Å². The summed E-state index contributed by atoms with van der Waals surface area (Å²) >= 11 is 0. The lowest BCUT2D eigenvalue weighted by molar-refractivity contribution is 0.112. The third-order valence-corrected chi connectivity index (χ3v) is 3.33. The summed E-state index contributed by atoms with van der Waals surface area (Å²) in [7, 11) is 4.01. The van der Waals surface area contributed by atoms with Gasteiger partial charge in [-0.2, -0.15) is 5.10 Å². The van der Waals surface area contributed by atoms with Gasteiger partial charge in [0.2, 0.25) is 0 Å². The first-order valence-corrected chi connectivity index (χ1v) is 6.07. The van der Waals surface area contributed by atoms with Crippen LogP contribution in [0.5, 0.6) is 0 Å². The molecule has 1 aliphatic heterocycles. The lowest BCUT2D eigenvalue weighted by Crippen LogP contribution is -2.45. The van der Waals surface area contributed by atoms with Gasteiger partial charge in [-0.25, -0.2) is 0 Å². The van der Waals surface area contributed by atoms with E-state index in [9.17, 15) is 4.79 Å². The van der Waals surface area contributed by atoms with E-state index in [0.717, 1.165) is 56.7 Å². The van der Waals surface area contributed by atoms with E-state index in [2.05, 4.69) is 21.9 Å². The smallest absolute Gasteiger partial charge is 0.153 e. The van der Waals surface area contributed by atoms with Gasteiger partial charge >= 0.3 is 0 Å². The molecule has 0 aliphatic carbocycles. The van der Waals surface area contributed by atoms with Crippen LogP contribution in [0.3, 0.4) is 0 Å². The van der Waals surface area contributed by atoms with Crippen LogP contribution < -0.4 is 0 Å². The van der Waals surface area contributed by atoms with Crippen LogP contribution in [0.1, 0.15) is 16.1 Å². The Labute approximate surface area is 102 Å². The molecule has 5 nitrogen and oxygen atoms in total. The number of carbonyl (C=O) groups excluding carboxylic acids is 1. The predicted octanol–water partition coefficient (Wildman–Crippen LogP) is 0.0225. The minimum absolute atomic E-state index is 0.724. The maximum atomic E-state index is 10.9. The number of carbonyl (C=O) groups is 1. The molecule has 0 unspecified atom stereocenters. The molecule has 1 aliphatic rings. The molecule has 0 N–H and O–H groups in total. The first-order valence-electron chi connectivity index (χ1n) is 6.07. The molecule has 0 spiro atoms. The number of hydrogen-bond donors (Lipinski definition) is 0. The summed E-state index contributed by atoms with van der Waals surface area (Å²) in [5.74, 6) is 0. The lowest BCUT2D eigenvalue weighted by Gasteiger charge is -2.32. The summed E-state index contributed by atoms with van der Waals surface area (Å²) in [6.45, 7) is 5.47. The number of piperazine rings is 1. The van der Waals surface area contributed by atoms with Crippen molar-refractivity contribution in [2.75, 3.05) is 39.8 Å². The molecule has 94 valence electrons. The van der Waals surface area contributed by atoms with E-state index in [4.69, 9.17) is 0 Å². The maximum absolute atomic E-state index is 10.9. The van der Waals surface area contributed by atoms with Crippen LogP contribution in [-0.4, -0.2) is 65.6 Å². The zero-order valence-corrected chi connectivity index (χ0v) is 10.6. The SMILES string of the molecule is CN1CCN(CCc2nn(C)cc2C=O)CC1. The van der Waals surface area contributed by atoms with Gasteiger partial charge in [-0.3, -0.25) is 9.48 Å². The van der Waals surface area contributed by atoms with Gasteiger partial charge < -0.3 is 9.80 Å². The average molecular weight is 236 g/mol. The number of rotatable bonds is 4. The van der Waals surface area contributed by atoms with Gasteiger partial charge in [-0.1, -0.05) is 0 Å². The fraction of sp³-hybridized carbons (Fsp3) is 0.667. The van der Waals surface area contributed by atoms with Crippen molar-refractivity contribution >= 4 is 6.29 Å². The number of likely N-dealkylation sites (N-methyl/N-ethyl adjacent to an activating group) is 1. The van der Waals surface area contributed by atoms with Gasteiger partial charge in [0.15, 0.2) is 6.29 Å². The van der Waals surface area contributed by atoms with Crippen LogP contribution in [0.2, 0.25) is 0 Å². The molecule has 5 heteroatoms. The van der Waals surface area contributed by atoms with Crippen LogP contribution in [0.4, 0.5) is 0 Å². The Hall–Kier alpha value is -1.20. The molecule has 1 saturated heterocycles. The highest BCUT2D eigenvalue weighted by Gasteiger charge is 2.14. The fourth-order valence-corrected chi connectivity index (χ4v) is 2.18. The van der Waals surface area contributed by atoms with Crippen molar-refractivity contribution in [3.63, 3.8) is 0 Å². The highest BCUT2D eigenvalue weighted by molar-refractivity contribution is 5.75. The Morgan fingerprint density at radius 2 is 2.00 bits per heavy atom. The first-order chi connectivity index (χ1) is 8.19. The van der Waals surface area contributed by atoms with E-state index in [1.54, 1.807) is 10.9 Å². The highest BCUT2D eigenvalue weighted by atomic mass is 16.1. The van der Waals surface area contributed by atoms with E-state index in [1.807, 2.05) is 7.05 Å². The molecule has 2 rings (SSSR count). The van der Waals surface area contributed by atoms with Gasteiger partial charge in [-0.05, 0) is 7.05 Å². The van der Waals surface area contributed by atoms with Gasteiger partial charge in [0, 0.05) is 52.4 Å². The summed E-state index contributed by atoms with van der Waals surface area (Å²) in [6.07, 6.45) is 3.54. The highest BCUT2D eigenvalue weighted by Crippen LogP contribution is 2.06. The molecule has 1 fully saturated rings. The van der Waals surface area contributed by atoms with Crippen LogP contribution in [0, 0.1) is 0 Å². The van der Waals surface area contributed by atoms with Crippen molar-refractivity contribution in [1.29, 1.82) is 0 Å². The summed E-state index contributed by atoms with van der Waals surface area (Å²) in [4.78, 5) is 15.6. The summed E-state index contributed by atoms with van der Waals surface area (Å²) in [6, 6.07) is 0. The lowest BCUT2D eigenvalue weighted by atomic mass is 10.2. The topological polar surface area (TPSA) is 41.4 Å². The summed E-state index contributed by atoms with van der Waals surface area (Å²) < 4.78 is 1.71. The van der Waals surface area contributed by atoms with Crippen molar-refractivity contribution in [3.05, 3.63) is 17.5 Å². The third kappa shape index (κ3) is 3.14. The Balaban J connectivity index is 1.87. The second-order valence-corrected chi connectivity index (χ2v) is 4.72. The molecule has 2 heterocycles. The summed E-state index contributed by atoms with van der Waals surface area (Å²) in [5, 5.41) is 4.33. The molecule has 0 bridgehead atoms. The number of nitrogens with zero attached hydrogens (tertiary/aromatic N) is 4. The molecular formula is C12H20N4O. The fourth-order valence-electron chi connectivity index (χ4n) is 2.18. The molecule has 1 aromatic heterocycles. The Morgan fingerprint density at radius 3 is 2.65 bits per heavy atom. The molecule has 0 radical (unpaired) electrons. The number of aromatic nitrogens is 2. The van der Waals surface area contributed by atoms with Crippen molar-refractivity contribution in [1.82, 2.24) is 19.6 Å². The standard InChI is InChI=1S/C12H20N4O/c1-14-5-7-16(8-6-14)4-3-12-11(10-17)9-15(2)13-12/h9-10H,3-8H2,1-2H3. The first kappa shape index (κ1) is 12.3. The maximum Gasteiger partial charge on any atom is 0.153 e. The molecule has 0 amide bonds. The van der Waals surface area contributed by atoms with Crippen LogP contribution in [0.25, 0.3) is 0 Å². The number of hydrogen-bond acceptors (Lipinski definition) is 4. The van der Waals surface area contributed by atoms with Crippen LogP contribution in [0.15, 0.2) is 6.20 Å².